The Bertz CT molecular complexity index is 1230. The Hall–Kier alpha value is -4.07. The molecular weight excluding hydrogens is 449 g/mol. The number of aryl methyl sites for hydroxylation is 1. The van der Waals surface area contributed by atoms with Gasteiger partial charge < -0.3 is 25.0 Å². The van der Waals surface area contributed by atoms with Crippen LogP contribution in [-0.2, 0) is 6.42 Å². The number of rotatable bonds is 6. The van der Waals surface area contributed by atoms with E-state index in [2.05, 4.69) is 10.6 Å². The van der Waals surface area contributed by atoms with Crippen molar-refractivity contribution < 1.29 is 23.5 Å². The highest BCUT2D eigenvalue weighted by molar-refractivity contribution is 5.94. The van der Waals surface area contributed by atoms with Gasteiger partial charge in [0, 0.05) is 18.7 Å². The van der Waals surface area contributed by atoms with E-state index in [0.29, 0.717) is 30.0 Å². The Morgan fingerprint density at radius 1 is 1.03 bits per heavy atom. The van der Waals surface area contributed by atoms with Crippen molar-refractivity contribution in [2.24, 2.45) is 0 Å². The van der Waals surface area contributed by atoms with Crippen molar-refractivity contribution in [2.75, 3.05) is 32.6 Å². The molecular formula is C27H28FN3O4. The first kappa shape index (κ1) is 24.1. The second-order valence-corrected chi connectivity index (χ2v) is 8.35. The van der Waals surface area contributed by atoms with E-state index in [1.807, 2.05) is 31.2 Å². The summed E-state index contributed by atoms with van der Waals surface area (Å²) in [6.45, 7) is 2.50. The van der Waals surface area contributed by atoms with E-state index in [1.54, 1.807) is 43.4 Å². The predicted molar refractivity (Wildman–Crippen MR) is 132 cm³/mol. The first-order valence-electron chi connectivity index (χ1n) is 11.3. The third kappa shape index (κ3) is 5.21. The highest BCUT2D eigenvalue weighted by Crippen LogP contribution is 2.38. The van der Waals surface area contributed by atoms with Crippen molar-refractivity contribution >= 4 is 17.6 Å². The lowest BCUT2D eigenvalue weighted by Gasteiger charge is -2.38. The number of ether oxygens (including phenoxy) is 2. The molecule has 1 heterocycles. The van der Waals surface area contributed by atoms with Gasteiger partial charge in [0.1, 0.15) is 5.82 Å². The summed E-state index contributed by atoms with van der Waals surface area (Å²) in [5.74, 6) is 0.358. The van der Waals surface area contributed by atoms with Gasteiger partial charge in [-0.25, -0.2) is 9.18 Å². The highest BCUT2D eigenvalue weighted by Gasteiger charge is 2.33. The number of para-hydroxylation sites is 1. The van der Waals surface area contributed by atoms with Crippen molar-refractivity contribution in [3.63, 3.8) is 0 Å². The molecule has 0 aromatic heterocycles. The van der Waals surface area contributed by atoms with Crippen LogP contribution in [-0.4, -0.2) is 44.1 Å². The van der Waals surface area contributed by atoms with Crippen LogP contribution in [0.3, 0.4) is 0 Å². The Balaban J connectivity index is 1.63. The number of carbonyl (C=O) groups excluding carboxylic acids is 2. The van der Waals surface area contributed by atoms with E-state index in [9.17, 15) is 14.0 Å². The van der Waals surface area contributed by atoms with Crippen LogP contribution in [0.1, 0.15) is 33.1 Å². The molecule has 0 spiro atoms. The molecule has 0 fully saturated rings. The van der Waals surface area contributed by atoms with Gasteiger partial charge in [-0.15, -0.1) is 0 Å². The van der Waals surface area contributed by atoms with Crippen LogP contribution in [0.4, 0.5) is 14.9 Å². The fraction of sp³-hybridized carbons (Fsp3) is 0.259. The maximum atomic E-state index is 14.2. The third-order valence-electron chi connectivity index (χ3n) is 6.15. The Morgan fingerprint density at radius 2 is 1.71 bits per heavy atom. The number of benzene rings is 3. The molecule has 1 aliphatic heterocycles. The average Bonchev–Trinajstić information content (AvgIpc) is 2.87. The number of anilines is 1. The van der Waals surface area contributed by atoms with Gasteiger partial charge in [-0.3, -0.25) is 4.79 Å². The number of fused-ring (bicyclic) bond motifs is 1. The quantitative estimate of drug-likeness (QED) is 0.539. The van der Waals surface area contributed by atoms with Crippen molar-refractivity contribution in [3.05, 3.63) is 88.7 Å². The molecule has 0 bridgehead atoms. The summed E-state index contributed by atoms with van der Waals surface area (Å²) >= 11 is 0. The summed E-state index contributed by atoms with van der Waals surface area (Å²) in [4.78, 5) is 27.7. The molecule has 182 valence electrons. The normalized spacial score (nSPS) is 14.6. The van der Waals surface area contributed by atoms with Crippen molar-refractivity contribution in [3.8, 4) is 11.5 Å². The molecule has 3 amide bonds. The monoisotopic (exact) mass is 477 g/mol. The van der Waals surface area contributed by atoms with Crippen LogP contribution in [0.2, 0.25) is 0 Å². The SMILES string of the molecule is COc1cc2c(cc1OC)[C@@H](CNC(=O)c1ccc(C)cc1)N(C(=O)Nc1ccccc1F)CC2. The van der Waals surface area contributed by atoms with Gasteiger partial charge in [0.2, 0.25) is 0 Å². The summed E-state index contributed by atoms with van der Waals surface area (Å²) < 4.78 is 25.1. The summed E-state index contributed by atoms with van der Waals surface area (Å²) in [6.07, 6.45) is 0.572. The van der Waals surface area contributed by atoms with Crippen LogP contribution in [0, 0.1) is 12.7 Å². The second-order valence-electron chi connectivity index (χ2n) is 8.35. The molecule has 1 aliphatic rings. The first-order valence-corrected chi connectivity index (χ1v) is 11.3. The van der Waals surface area contributed by atoms with Gasteiger partial charge in [-0.2, -0.15) is 0 Å². The fourth-order valence-corrected chi connectivity index (χ4v) is 4.24. The zero-order valence-electron chi connectivity index (χ0n) is 19.9. The summed E-state index contributed by atoms with van der Waals surface area (Å²) in [7, 11) is 3.12. The average molecular weight is 478 g/mol. The molecule has 3 aromatic rings. The number of amides is 3. The fourth-order valence-electron chi connectivity index (χ4n) is 4.24. The zero-order valence-corrected chi connectivity index (χ0v) is 19.9. The molecule has 4 rings (SSSR count). The number of nitrogens with zero attached hydrogens (tertiary/aromatic N) is 1. The molecule has 0 saturated heterocycles. The topological polar surface area (TPSA) is 79.9 Å². The molecule has 0 aliphatic carbocycles. The van der Waals surface area contributed by atoms with Crippen molar-refractivity contribution in [2.45, 2.75) is 19.4 Å². The number of carbonyl (C=O) groups is 2. The van der Waals surface area contributed by atoms with Gasteiger partial charge in [-0.05, 0) is 60.9 Å². The Kier molecular flexibility index (Phi) is 7.19. The van der Waals surface area contributed by atoms with Gasteiger partial charge in [0.15, 0.2) is 11.5 Å². The van der Waals surface area contributed by atoms with Gasteiger partial charge in [0.05, 0.1) is 25.9 Å². The Morgan fingerprint density at radius 3 is 2.40 bits per heavy atom. The number of urea groups is 1. The minimum absolute atomic E-state index is 0.0954. The highest BCUT2D eigenvalue weighted by atomic mass is 19.1. The molecule has 3 aromatic carbocycles. The summed E-state index contributed by atoms with van der Waals surface area (Å²) in [6, 6.07) is 16.0. The number of nitrogens with one attached hydrogen (secondary N) is 2. The summed E-state index contributed by atoms with van der Waals surface area (Å²) in [5.41, 5.74) is 3.51. The standard InChI is InChI=1S/C27H28FN3O4/c1-17-8-10-18(11-9-17)26(32)29-16-23-20-15-25(35-3)24(34-2)14-19(20)12-13-31(23)27(33)30-22-7-5-4-6-21(22)28/h4-11,14-15,23H,12-13,16H2,1-3H3,(H,29,32)(H,30,33)/t23-/m1/s1. The first-order chi connectivity index (χ1) is 16.9. The van der Waals surface area contributed by atoms with E-state index >= 15 is 0 Å². The van der Waals surface area contributed by atoms with E-state index in [-0.39, 0.29) is 18.1 Å². The lowest BCUT2D eigenvalue weighted by Crippen LogP contribution is -2.47. The second kappa shape index (κ2) is 10.5. The molecule has 2 N–H and O–H groups in total. The maximum absolute atomic E-state index is 14.2. The lowest BCUT2D eigenvalue weighted by molar-refractivity contribution is 0.0936. The minimum Gasteiger partial charge on any atom is -0.493 e. The zero-order chi connectivity index (χ0) is 24.9. The van der Waals surface area contributed by atoms with Crippen LogP contribution in [0.5, 0.6) is 11.5 Å². The summed E-state index contributed by atoms with van der Waals surface area (Å²) in [5, 5.41) is 5.61. The largest absolute Gasteiger partial charge is 0.493 e. The molecule has 0 unspecified atom stereocenters. The van der Waals surface area contributed by atoms with Crippen LogP contribution in [0.25, 0.3) is 0 Å². The molecule has 35 heavy (non-hydrogen) atoms. The third-order valence-corrected chi connectivity index (χ3v) is 6.15. The van der Waals surface area contributed by atoms with E-state index in [0.717, 1.165) is 16.7 Å². The van der Waals surface area contributed by atoms with Gasteiger partial charge in [0.25, 0.3) is 5.91 Å². The molecule has 7 nitrogen and oxygen atoms in total. The predicted octanol–water partition coefficient (Wildman–Crippen LogP) is 4.71. The lowest BCUT2D eigenvalue weighted by atomic mass is 9.91. The smallest absolute Gasteiger partial charge is 0.322 e. The van der Waals surface area contributed by atoms with E-state index in [4.69, 9.17) is 9.47 Å². The van der Waals surface area contributed by atoms with E-state index in [1.165, 1.54) is 12.1 Å². The van der Waals surface area contributed by atoms with Gasteiger partial charge >= 0.3 is 6.03 Å². The molecule has 8 heteroatoms. The van der Waals surface area contributed by atoms with Crippen molar-refractivity contribution in [1.29, 1.82) is 0 Å². The minimum atomic E-state index is -0.520. The maximum Gasteiger partial charge on any atom is 0.322 e. The number of hydrogen-bond donors (Lipinski definition) is 2. The number of halogens is 1. The Labute approximate surface area is 203 Å². The van der Waals surface area contributed by atoms with Crippen LogP contribution < -0.4 is 20.1 Å². The van der Waals surface area contributed by atoms with E-state index < -0.39 is 17.9 Å². The van der Waals surface area contributed by atoms with Gasteiger partial charge in [-0.1, -0.05) is 29.8 Å². The van der Waals surface area contributed by atoms with Crippen molar-refractivity contribution in [1.82, 2.24) is 10.2 Å². The molecule has 0 saturated carbocycles. The van der Waals surface area contributed by atoms with Crippen LogP contribution in [0.15, 0.2) is 60.7 Å². The number of methoxy groups -OCH3 is 2. The van der Waals surface area contributed by atoms with Crippen LogP contribution >= 0.6 is 0 Å². The number of hydrogen-bond acceptors (Lipinski definition) is 4. The molecule has 0 radical (unpaired) electrons. The molecule has 1 atom stereocenters.